The van der Waals surface area contributed by atoms with Crippen LogP contribution < -0.4 is 10.6 Å². The summed E-state index contributed by atoms with van der Waals surface area (Å²) >= 11 is 12.1. The van der Waals surface area contributed by atoms with Gasteiger partial charge in [0.15, 0.2) is 0 Å². The third-order valence-corrected chi connectivity index (χ3v) is 3.66. The van der Waals surface area contributed by atoms with Crippen molar-refractivity contribution < 1.29 is 4.79 Å². The van der Waals surface area contributed by atoms with Crippen LogP contribution in [0.2, 0.25) is 10.0 Å². The number of amides is 1. The molecule has 21 heavy (non-hydrogen) atoms. The highest BCUT2D eigenvalue weighted by Gasteiger charge is 2.22. The molecule has 1 heterocycles. The van der Waals surface area contributed by atoms with E-state index in [1.165, 1.54) is 6.33 Å². The van der Waals surface area contributed by atoms with Crippen molar-refractivity contribution in [1.82, 2.24) is 9.97 Å². The molecule has 1 fully saturated rings. The van der Waals surface area contributed by atoms with E-state index in [4.69, 9.17) is 23.2 Å². The molecule has 7 heteroatoms. The molecular formula is C14H12Cl2N4O. The topological polar surface area (TPSA) is 66.9 Å². The SMILES string of the molecule is O=C(Nc1c(Cl)cccc1Cl)c1cc(NC2CC2)ncn1. The second kappa shape index (κ2) is 5.87. The summed E-state index contributed by atoms with van der Waals surface area (Å²) in [5.74, 6) is 0.258. The molecule has 1 aromatic heterocycles. The number of para-hydroxylation sites is 1. The molecule has 2 N–H and O–H groups in total. The van der Waals surface area contributed by atoms with Crippen LogP contribution >= 0.6 is 23.2 Å². The molecule has 0 atom stereocenters. The van der Waals surface area contributed by atoms with E-state index in [9.17, 15) is 4.79 Å². The monoisotopic (exact) mass is 322 g/mol. The minimum absolute atomic E-state index is 0.254. The van der Waals surface area contributed by atoms with Crippen LogP contribution in [0.5, 0.6) is 0 Å². The van der Waals surface area contributed by atoms with Crippen LogP contribution in [-0.4, -0.2) is 21.9 Å². The molecule has 0 unspecified atom stereocenters. The second-order valence-corrected chi connectivity index (χ2v) is 5.57. The molecule has 0 spiro atoms. The van der Waals surface area contributed by atoms with Crippen LogP contribution in [0, 0.1) is 0 Å². The first kappa shape index (κ1) is 14.1. The van der Waals surface area contributed by atoms with Crippen molar-refractivity contribution in [2.45, 2.75) is 18.9 Å². The van der Waals surface area contributed by atoms with Gasteiger partial charge in [0, 0.05) is 12.1 Å². The number of carbonyl (C=O) groups excluding carboxylic acids is 1. The Morgan fingerprint density at radius 3 is 2.57 bits per heavy atom. The third-order valence-electron chi connectivity index (χ3n) is 3.03. The largest absolute Gasteiger partial charge is 0.367 e. The molecular weight excluding hydrogens is 311 g/mol. The lowest BCUT2D eigenvalue weighted by Gasteiger charge is -2.09. The summed E-state index contributed by atoms with van der Waals surface area (Å²) < 4.78 is 0. The van der Waals surface area contributed by atoms with Gasteiger partial charge in [-0.2, -0.15) is 0 Å². The Kier molecular flexibility index (Phi) is 3.94. The predicted molar refractivity (Wildman–Crippen MR) is 83.1 cm³/mol. The van der Waals surface area contributed by atoms with Crippen LogP contribution in [0.1, 0.15) is 23.3 Å². The Bertz CT molecular complexity index is 668. The van der Waals surface area contributed by atoms with E-state index >= 15 is 0 Å². The Morgan fingerprint density at radius 2 is 1.90 bits per heavy atom. The molecule has 108 valence electrons. The number of anilines is 2. The molecule has 0 bridgehead atoms. The number of aromatic nitrogens is 2. The van der Waals surface area contributed by atoms with Gasteiger partial charge in [0.2, 0.25) is 0 Å². The number of hydrogen-bond donors (Lipinski definition) is 2. The van der Waals surface area contributed by atoms with E-state index in [2.05, 4.69) is 20.6 Å². The van der Waals surface area contributed by atoms with Gasteiger partial charge < -0.3 is 10.6 Å². The quantitative estimate of drug-likeness (QED) is 0.902. The Hall–Kier alpha value is -1.85. The summed E-state index contributed by atoms with van der Waals surface area (Å²) in [5, 5.41) is 6.64. The highest BCUT2D eigenvalue weighted by atomic mass is 35.5. The van der Waals surface area contributed by atoms with Crippen molar-refractivity contribution in [2.75, 3.05) is 10.6 Å². The maximum Gasteiger partial charge on any atom is 0.274 e. The maximum absolute atomic E-state index is 12.2. The molecule has 5 nitrogen and oxygen atoms in total. The van der Waals surface area contributed by atoms with Crippen molar-refractivity contribution in [2.24, 2.45) is 0 Å². The van der Waals surface area contributed by atoms with Crippen LogP contribution in [-0.2, 0) is 0 Å². The molecule has 0 aliphatic heterocycles. The van der Waals surface area contributed by atoms with Gasteiger partial charge in [-0.05, 0) is 25.0 Å². The molecule has 1 amide bonds. The van der Waals surface area contributed by atoms with Crippen molar-refractivity contribution >= 4 is 40.6 Å². The summed E-state index contributed by atoms with van der Waals surface area (Å²) in [7, 11) is 0. The number of nitrogens with zero attached hydrogens (tertiary/aromatic N) is 2. The molecule has 0 radical (unpaired) electrons. The van der Waals surface area contributed by atoms with Crippen molar-refractivity contribution in [3.63, 3.8) is 0 Å². The lowest BCUT2D eigenvalue weighted by molar-refractivity contribution is 0.102. The van der Waals surface area contributed by atoms with Crippen LogP contribution in [0.25, 0.3) is 0 Å². The molecule has 1 aliphatic rings. The number of benzene rings is 1. The van der Waals surface area contributed by atoms with E-state index in [1.54, 1.807) is 24.3 Å². The van der Waals surface area contributed by atoms with Gasteiger partial charge in [0.05, 0.1) is 15.7 Å². The van der Waals surface area contributed by atoms with Gasteiger partial charge in [-0.3, -0.25) is 4.79 Å². The first-order valence-corrected chi connectivity index (χ1v) is 7.23. The Labute approximate surface area is 131 Å². The summed E-state index contributed by atoms with van der Waals surface area (Å²) in [5.41, 5.74) is 0.630. The van der Waals surface area contributed by atoms with Crippen LogP contribution in [0.4, 0.5) is 11.5 Å². The first-order valence-electron chi connectivity index (χ1n) is 6.47. The predicted octanol–water partition coefficient (Wildman–Crippen LogP) is 3.61. The van der Waals surface area contributed by atoms with Gasteiger partial charge in [-0.1, -0.05) is 29.3 Å². The van der Waals surface area contributed by atoms with Crippen molar-refractivity contribution in [1.29, 1.82) is 0 Å². The Balaban J connectivity index is 1.78. The molecule has 1 saturated carbocycles. The number of halogens is 2. The molecule has 3 rings (SSSR count). The van der Waals surface area contributed by atoms with E-state index in [1.807, 2.05) is 0 Å². The third kappa shape index (κ3) is 3.43. The fraction of sp³-hybridized carbons (Fsp3) is 0.214. The normalized spacial score (nSPS) is 13.8. The smallest absolute Gasteiger partial charge is 0.274 e. The summed E-state index contributed by atoms with van der Waals surface area (Å²) in [6, 6.07) is 7.08. The summed E-state index contributed by atoms with van der Waals surface area (Å²) in [4.78, 5) is 20.3. The van der Waals surface area contributed by atoms with E-state index < -0.39 is 0 Å². The summed E-state index contributed by atoms with van der Waals surface area (Å²) in [6.07, 6.45) is 3.61. The average Bonchev–Trinajstić information content (AvgIpc) is 3.27. The van der Waals surface area contributed by atoms with Gasteiger partial charge in [0.1, 0.15) is 17.8 Å². The highest BCUT2D eigenvalue weighted by molar-refractivity contribution is 6.40. The molecule has 2 aromatic rings. The van der Waals surface area contributed by atoms with Gasteiger partial charge >= 0.3 is 0 Å². The lowest BCUT2D eigenvalue weighted by Crippen LogP contribution is -2.15. The number of rotatable bonds is 4. The van der Waals surface area contributed by atoms with E-state index in [0.29, 0.717) is 27.6 Å². The van der Waals surface area contributed by atoms with Gasteiger partial charge in [0.25, 0.3) is 5.91 Å². The number of carbonyl (C=O) groups is 1. The van der Waals surface area contributed by atoms with Crippen molar-refractivity contribution in [3.8, 4) is 0 Å². The standard InChI is InChI=1S/C14H12Cl2N4O/c15-9-2-1-3-10(16)13(9)20-14(21)11-6-12(18-7-17-11)19-8-4-5-8/h1-3,6-8H,4-5H2,(H,20,21)(H,17,18,19). The fourth-order valence-electron chi connectivity index (χ4n) is 1.79. The van der Waals surface area contributed by atoms with Crippen LogP contribution in [0.3, 0.4) is 0 Å². The average molecular weight is 323 g/mol. The minimum atomic E-state index is -0.383. The van der Waals surface area contributed by atoms with Gasteiger partial charge in [-0.15, -0.1) is 0 Å². The molecule has 1 aliphatic carbocycles. The second-order valence-electron chi connectivity index (χ2n) is 4.76. The minimum Gasteiger partial charge on any atom is -0.367 e. The zero-order valence-corrected chi connectivity index (χ0v) is 12.4. The van der Waals surface area contributed by atoms with Crippen molar-refractivity contribution in [3.05, 3.63) is 46.3 Å². The fourth-order valence-corrected chi connectivity index (χ4v) is 2.28. The van der Waals surface area contributed by atoms with Crippen LogP contribution in [0.15, 0.2) is 30.6 Å². The lowest BCUT2D eigenvalue weighted by atomic mass is 10.3. The van der Waals surface area contributed by atoms with E-state index in [-0.39, 0.29) is 11.6 Å². The van der Waals surface area contributed by atoms with Gasteiger partial charge in [-0.25, -0.2) is 9.97 Å². The Morgan fingerprint density at radius 1 is 1.19 bits per heavy atom. The van der Waals surface area contributed by atoms with E-state index in [0.717, 1.165) is 12.8 Å². The molecule has 0 saturated heterocycles. The zero-order valence-electron chi connectivity index (χ0n) is 10.9. The first-order chi connectivity index (χ1) is 10.1. The maximum atomic E-state index is 12.2. The highest BCUT2D eigenvalue weighted by Crippen LogP contribution is 2.30. The number of hydrogen-bond acceptors (Lipinski definition) is 4. The number of nitrogens with one attached hydrogen (secondary N) is 2. The molecule has 1 aromatic carbocycles. The summed E-state index contributed by atoms with van der Waals surface area (Å²) in [6.45, 7) is 0. The zero-order chi connectivity index (χ0) is 14.8.